The van der Waals surface area contributed by atoms with E-state index in [4.69, 9.17) is 9.84 Å². The number of benzene rings is 2. The van der Waals surface area contributed by atoms with Crippen LogP contribution < -0.4 is 4.74 Å². The number of aliphatic hydroxyl groups excluding tert-OH is 1. The minimum Gasteiger partial charge on any atom is -0.508 e. The number of hydrogen-bond acceptors (Lipinski definition) is 7. The third-order valence-electron chi connectivity index (χ3n) is 4.69. The third-order valence-corrected chi connectivity index (χ3v) is 4.69. The molecule has 0 saturated carbocycles. The molecule has 0 spiro atoms. The molecule has 0 radical (unpaired) electrons. The van der Waals surface area contributed by atoms with Crippen LogP contribution in [0.5, 0.6) is 17.2 Å². The zero-order valence-corrected chi connectivity index (χ0v) is 17.4. The number of hydrogen-bond donors (Lipinski definition) is 4. The van der Waals surface area contributed by atoms with Gasteiger partial charge in [0, 0.05) is 12.0 Å². The van der Waals surface area contributed by atoms with Gasteiger partial charge in [-0.3, -0.25) is 14.4 Å². The van der Waals surface area contributed by atoms with Crippen LogP contribution in [-0.4, -0.2) is 45.1 Å². The quantitative estimate of drug-likeness (QED) is 0.309. The van der Waals surface area contributed by atoms with E-state index in [1.54, 1.807) is 6.07 Å². The number of ketones is 2. The molecule has 0 heterocycles. The second-order valence-electron chi connectivity index (χ2n) is 6.93. The van der Waals surface area contributed by atoms with Crippen molar-refractivity contribution >= 4 is 29.7 Å². The molecule has 0 saturated heterocycles. The van der Waals surface area contributed by atoms with E-state index in [2.05, 4.69) is 0 Å². The Morgan fingerprint density at radius 2 is 1.50 bits per heavy atom. The number of rotatable bonds is 11. The lowest BCUT2D eigenvalue weighted by Crippen LogP contribution is -2.22. The first-order valence-corrected chi connectivity index (χ1v) is 9.70. The van der Waals surface area contributed by atoms with Crippen LogP contribution in [0.3, 0.4) is 0 Å². The number of phenolic OH excluding ortho intramolecular Hbond substituents is 1. The second kappa shape index (κ2) is 11.5. The van der Waals surface area contributed by atoms with Crippen molar-refractivity contribution in [2.24, 2.45) is 5.92 Å². The Balaban J connectivity index is 2.21. The molecule has 0 aliphatic heterocycles. The average molecular weight is 440 g/mol. The molecule has 2 aromatic rings. The monoisotopic (exact) mass is 440 g/mol. The Hall–Kier alpha value is -3.91. The van der Waals surface area contributed by atoms with Gasteiger partial charge < -0.3 is 25.2 Å². The molecule has 0 aliphatic carbocycles. The first-order chi connectivity index (χ1) is 15.2. The van der Waals surface area contributed by atoms with Gasteiger partial charge in [0.1, 0.15) is 5.75 Å². The van der Waals surface area contributed by atoms with Gasteiger partial charge in [-0.05, 0) is 54.0 Å². The van der Waals surface area contributed by atoms with Crippen molar-refractivity contribution in [2.45, 2.75) is 19.4 Å². The van der Waals surface area contributed by atoms with Crippen LogP contribution in [0, 0.1) is 5.92 Å². The average Bonchev–Trinajstić information content (AvgIpc) is 2.77. The van der Waals surface area contributed by atoms with E-state index in [1.807, 2.05) is 0 Å². The summed E-state index contributed by atoms with van der Waals surface area (Å²) in [5.74, 6) is -3.37. The topological polar surface area (TPSA) is 141 Å². The van der Waals surface area contributed by atoms with E-state index >= 15 is 0 Å². The van der Waals surface area contributed by atoms with Crippen molar-refractivity contribution in [1.82, 2.24) is 0 Å². The van der Waals surface area contributed by atoms with Crippen LogP contribution in [0.1, 0.15) is 29.5 Å². The van der Waals surface area contributed by atoms with Gasteiger partial charge in [0.25, 0.3) is 0 Å². The summed E-state index contributed by atoms with van der Waals surface area (Å²) in [7, 11) is 1.39. The van der Waals surface area contributed by atoms with Gasteiger partial charge in [0.15, 0.2) is 23.1 Å². The number of aliphatic carboxylic acids is 1. The Bertz CT molecular complexity index is 976. The highest BCUT2D eigenvalue weighted by atomic mass is 16.5. The maximum Gasteiger partial charge on any atom is 0.303 e. The van der Waals surface area contributed by atoms with Gasteiger partial charge in [-0.2, -0.15) is 0 Å². The van der Waals surface area contributed by atoms with Gasteiger partial charge in [0.2, 0.25) is 0 Å². The predicted molar refractivity (Wildman–Crippen MR) is 117 cm³/mol. The molecule has 0 aliphatic rings. The van der Waals surface area contributed by atoms with E-state index in [0.717, 1.165) is 0 Å². The number of phenols is 2. The maximum absolute atomic E-state index is 12.7. The molecule has 1 unspecified atom stereocenters. The SMILES string of the molecule is COc1cc(C=CC(=O)C(CCC(=O)O)C(=O)C=Cc2ccc(O)c(CO)c2)ccc1O. The van der Waals surface area contributed by atoms with Crippen molar-refractivity contribution in [3.05, 3.63) is 65.2 Å². The highest BCUT2D eigenvalue weighted by Gasteiger charge is 2.23. The van der Waals surface area contributed by atoms with Crippen molar-refractivity contribution in [2.75, 3.05) is 7.11 Å². The van der Waals surface area contributed by atoms with E-state index < -0.39 is 23.5 Å². The molecule has 0 aromatic heterocycles. The normalized spacial score (nSPS) is 12.2. The second-order valence-corrected chi connectivity index (χ2v) is 6.93. The molecule has 0 amide bonds. The highest BCUT2D eigenvalue weighted by Crippen LogP contribution is 2.27. The zero-order chi connectivity index (χ0) is 23.7. The molecule has 168 valence electrons. The predicted octanol–water partition coefficient (Wildman–Crippen LogP) is 2.94. The molecule has 0 fully saturated rings. The number of methoxy groups -OCH3 is 1. The minimum absolute atomic E-state index is 0.0609. The maximum atomic E-state index is 12.7. The van der Waals surface area contributed by atoms with Crippen LogP contribution in [0.15, 0.2) is 48.6 Å². The largest absolute Gasteiger partial charge is 0.508 e. The lowest BCUT2D eigenvalue weighted by atomic mass is 9.92. The fraction of sp³-hybridized carbons (Fsp3) is 0.208. The first kappa shape index (κ1) is 24.4. The van der Waals surface area contributed by atoms with Crippen LogP contribution >= 0.6 is 0 Å². The molecule has 0 bridgehead atoms. The highest BCUT2D eigenvalue weighted by molar-refractivity contribution is 6.13. The van der Waals surface area contributed by atoms with Crippen LogP contribution in [0.4, 0.5) is 0 Å². The van der Waals surface area contributed by atoms with E-state index in [-0.39, 0.29) is 42.3 Å². The molecular weight excluding hydrogens is 416 g/mol. The van der Waals surface area contributed by atoms with Crippen molar-refractivity contribution in [3.63, 3.8) is 0 Å². The Morgan fingerprint density at radius 3 is 2.03 bits per heavy atom. The molecule has 8 heteroatoms. The van der Waals surface area contributed by atoms with Gasteiger partial charge in [0.05, 0.1) is 19.6 Å². The summed E-state index contributed by atoms with van der Waals surface area (Å²) in [5.41, 5.74) is 1.36. The Kier molecular flexibility index (Phi) is 8.73. The molecule has 8 nitrogen and oxygen atoms in total. The summed E-state index contributed by atoms with van der Waals surface area (Å²) in [5, 5.41) is 37.4. The molecule has 1 atom stereocenters. The summed E-state index contributed by atoms with van der Waals surface area (Å²) in [6.45, 7) is -0.381. The van der Waals surface area contributed by atoms with Gasteiger partial charge in [-0.15, -0.1) is 0 Å². The van der Waals surface area contributed by atoms with Gasteiger partial charge in [-0.1, -0.05) is 24.3 Å². The minimum atomic E-state index is -1.19. The summed E-state index contributed by atoms with van der Waals surface area (Å²) < 4.78 is 5.01. The number of ether oxygens (including phenoxy) is 1. The lowest BCUT2D eigenvalue weighted by molar-refractivity contribution is -0.137. The van der Waals surface area contributed by atoms with Crippen LogP contribution in [0.25, 0.3) is 12.2 Å². The molecule has 32 heavy (non-hydrogen) atoms. The number of carbonyl (C=O) groups is 3. The first-order valence-electron chi connectivity index (χ1n) is 9.70. The fourth-order valence-electron chi connectivity index (χ4n) is 2.92. The number of allylic oxidation sites excluding steroid dienone is 2. The summed E-state index contributed by atoms with van der Waals surface area (Å²) >= 11 is 0. The lowest BCUT2D eigenvalue weighted by Gasteiger charge is -2.10. The smallest absolute Gasteiger partial charge is 0.303 e. The van der Waals surface area contributed by atoms with Gasteiger partial charge >= 0.3 is 5.97 Å². The van der Waals surface area contributed by atoms with E-state index in [1.165, 1.54) is 61.7 Å². The van der Waals surface area contributed by atoms with Crippen molar-refractivity contribution in [3.8, 4) is 17.2 Å². The standard InChI is InChI=1S/C24H24O8/c1-32-23-13-16(5-10-22(23)29)4-9-21(28)18(6-11-24(30)31)20(27)8-3-15-2-7-19(26)17(12-15)14-25/h2-5,7-10,12-13,18,25-26,29H,6,11,14H2,1H3,(H,30,31). The number of aliphatic hydroxyl groups is 1. The van der Waals surface area contributed by atoms with Gasteiger partial charge in [-0.25, -0.2) is 0 Å². The molecule has 2 rings (SSSR count). The number of carboxylic acid groups (broad SMARTS) is 1. The molecule has 4 N–H and O–H groups in total. The summed E-state index contributed by atoms with van der Waals surface area (Å²) in [6, 6.07) is 8.86. The van der Waals surface area contributed by atoms with Crippen LogP contribution in [-0.2, 0) is 21.0 Å². The fourth-order valence-corrected chi connectivity index (χ4v) is 2.92. The molecular formula is C24H24O8. The van der Waals surface area contributed by atoms with Crippen LogP contribution in [0.2, 0.25) is 0 Å². The Labute approximate surface area is 184 Å². The van der Waals surface area contributed by atoms with Crippen molar-refractivity contribution < 1.29 is 39.5 Å². The Morgan fingerprint density at radius 1 is 0.938 bits per heavy atom. The summed E-state index contributed by atoms with van der Waals surface area (Å²) in [6.07, 6.45) is 4.71. The van der Waals surface area contributed by atoms with Crippen molar-refractivity contribution in [1.29, 1.82) is 0 Å². The molecule has 2 aromatic carbocycles. The van der Waals surface area contributed by atoms with E-state index in [0.29, 0.717) is 11.1 Å². The number of aromatic hydroxyl groups is 2. The van der Waals surface area contributed by atoms with E-state index in [9.17, 15) is 29.7 Å². The third kappa shape index (κ3) is 6.82. The zero-order valence-electron chi connectivity index (χ0n) is 17.4. The summed E-state index contributed by atoms with van der Waals surface area (Å²) in [4.78, 5) is 36.3. The number of carbonyl (C=O) groups excluding carboxylic acids is 2. The number of carboxylic acids is 1.